The Morgan fingerprint density at radius 1 is 1.43 bits per heavy atom. The van der Waals surface area contributed by atoms with Gasteiger partial charge < -0.3 is 15.4 Å². The summed E-state index contributed by atoms with van der Waals surface area (Å²) in [5.74, 6) is 0.437. The number of nitrogens with one attached hydrogen (secondary N) is 2. The molecule has 0 aliphatic carbocycles. The second kappa shape index (κ2) is 7.87. The number of hydrogen-bond donors (Lipinski definition) is 2. The molecular formula is C14H16F4N2O2S. The lowest BCUT2D eigenvalue weighted by atomic mass is 10.2. The van der Waals surface area contributed by atoms with E-state index < -0.39 is 24.5 Å². The maximum atomic E-state index is 13.3. The number of rotatable bonds is 5. The van der Waals surface area contributed by atoms with Gasteiger partial charge in [-0.25, -0.2) is 4.39 Å². The molecule has 1 aliphatic rings. The van der Waals surface area contributed by atoms with Gasteiger partial charge in [-0.3, -0.25) is 4.79 Å². The highest BCUT2D eigenvalue weighted by Gasteiger charge is 2.29. The Bertz CT molecular complexity index is 548. The third-order valence-electron chi connectivity index (χ3n) is 3.04. The Balaban J connectivity index is 1.99. The number of thioether (sulfide) groups is 1. The quantitative estimate of drug-likeness (QED) is 0.800. The van der Waals surface area contributed by atoms with E-state index in [0.717, 1.165) is 36.2 Å². The normalized spacial score (nSPS) is 18.5. The molecule has 0 bridgehead atoms. The van der Waals surface area contributed by atoms with Crippen molar-refractivity contribution < 1.29 is 27.1 Å². The van der Waals surface area contributed by atoms with Crippen molar-refractivity contribution in [3.63, 3.8) is 0 Å². The predicted octanol–water partition coefficient (Wildman–Crippen LogP) is 2.80. The predicted molar refractivity (Wildman–Crippen MR) is 80.3 cm³/mol. The van der Waals surface area contributed by atoms with Gasteiger partial charge in [0.25, 0.3) is 0 Å². The van der Waals surface area contributed by atoms with Crippen LogP contribution in [0, 0.1) is 5.82 Å². The van der Waals surface area contributed by atoms with E-state index in [-0.39, 0.29) is 23.9 Å². The number of ether oxygens (including phenoxy) is 1. The van der Waals surface area contributed by atoms with Crippen molar-refractivity contribution in [2.24, 2.45) is 0 Å². The molecule has 1 aromatic carbocycles. The molecule has 1 fully saturated rings. The van der Waals surface area contributed by atoms with Crippen molar-refractivity contribution in [2.45, 2.75) is 18.6 Å². The van der Waals surface area contributed by atoms with Crippen LogP contribution in [0.25, 0.3) is 0 Å². The van der Waals surface area contributed by atoms with Crippen LogP contribution in [0.4, 0.5) is 23.2 Å². The summed E-state index contributed by atoms with van der Waals surface area (Å²) in [6.07, 6.45) is -4.36. The topological polar surface area (TPSA) is 50.4 Å². The molecule has 0 saturated carbocycles. The molecule has 1 unspecified atom stereocenters. The third-order valence-corrected chi connectivity index (χ3v) is 4.17. The number of hydrogen-bond acceptors (Lipinski definition) is 4. The van der Waals surface area contributed by atoms with E-state index >= 15 is 0 Å². The average molecular weight is 352 g/mol. The zero-order valence-corrected chi connectivity index (χ0v) is 12.9. The number of alkyl halides is 3. The molecule has 1 amide bonds. The number of carbonyl (C=O) groups is 1. The maximum Gasteiger partial charge on any atom is 0.422 e. The van der Waals surface area contributed by atoms with Crippen molar-refractivity contribution in [3.8, 4) is 5.75 Å². The zero-order valence-electron chi connectivity index (χ0n) is 12.1. The van der Waals surface area contributed by atoms with Gasteiger partial charge in [0.1, 0.15) is 11.6 Å². The third kappa shape index (κ3) is 6.26. The van der Waals surface area contributed by atoms with Gasteiger partial charge in [-0.15, -0.1) is 0 Å². The molecule has 4 nitrogen and oxygen atoms in total. The van der Waals surface area contributed by atoms with Gasteiger partial charge in [-0.05, 0) is 12.1 Å². The van der Waals surface area contributed by atoms with E-state index in [1.54, 1.807) is 11.8 Å². The molecule has 1 heterocycles. The monoisotopic (exact) mass is 352 g/mol. The van der Waals surface area contributed by atoms with Crippen molar-refractivity contribution >= 4 is 23.4 Å². The van der Waals surface area contributed by atoms with Crippen LogP contribution in [0.1, 0.15) is 6.42 Å². The Morgan fingerprint density at radius 2 is 2.22 bits per heavy atom. The molecule has 9 heteroatoms. The SMILES string of the molecule is O=C(CC1CSCCN1)Nc1cc(F)ccc1OCC(F)(F)F. The summed E-state index contributed by atoms with van der Waals surface area (Å²) in [4.78, 5) is 12.0. The second-order valence-electron chi connectivity index (χ2n) is 5.02. The Kier molecular flexibility index (Phi) is 6.11. The molecular weight excluding hydrogens is 336 g/mol. The average Bonchev–Trinajstić information content (AvgIpc) is 2.46. The summed E-state index contributed by atoms with van der Waals surface area (Å²) in [6, 6.07) is 2.96. The van der Waals surface area contributed by atoms with E-state index in [1.165, 1.54) is 0 Å². The minimum atomic E-state index is -4.51. The van der Waals surface area contributed by atoms with Gasteiger partial charge in [-0.1, -0.05) is 0 Å². The number of benzene rings is 1. The van der Waals surface area contributed by atoms with E-state index in [0.29, 0.717) is 0 Å². The maximum absolute atomic E-state index is 13.3. The van der Waals surface area contributed by atoms with Crippen LogP contribution in [0.2, 0.25) is 0 Å². The summed E-state index contributed by atoms with van der Waals surface area (Å²) in [6.45, 7) is -0.717. The lowest BCUT2D eigenvalue weighted by Gasteiger charge is -2.22. The summed E-state index contributed by atoms with van der Waals surface area (Å²) in [7, 11) is 0. The van der Waals surface area contributed by atoms with Gasteiger partial charge in [0, 0.05) is 36.6 Å². The van der Waals surface area contributed by atoms with Gasteiger partial charge in [0.05, 0.1) is 5.69 Å². The lowest BCUT2D eigenvalue weighted by Crippen LogP contribution is -2.39. The van der Waals surface area contributed by atoms with Crippen LogP contribution in [0.5, 0.6) is 5.75 Å². The first-order chi connectivity index (χ1) is 10.8. The van der Waals surface area contributed by atoms with Crippen LogP contribution < -0.4 is 15.4 Å². The van der Waals surface area contributed by atoms with E-state index in [9.17, 15) is 22.4 Å². The number of carbonyl (C=O) groups excluding carboxylic acids is 1. The fraction of sp³-hybridized carbons (Fsp3) is 0.500. The summed E-state index contributed by atoms with van der Waals surface area (Å²) in [5.41, 5.74) is -0.109. The largest absolute Gasteiger partial charge is 0.482 e. The first-order valence-electron chi connectivity index (χ1n) is 6.93. The molecule has 2 N–H and O–H groups in total. The molecule has 1 aromatic rings. The van der Waals surface area contributed by atoms with Crippen molar-refractivity contribution in [1.29, 1.82) is 0 Å². The minimum absolute atomic E-state index is 0.0122. The van der Waals surface area contributed by atoms with Gasteiger partial charge in [0.2, 0.25) is 5.91 Å². The number of anilines is 1. The van der Waals surface area contributed by atoms with Gasteiger partial charge >= 0.3 is 6.18 Å². The highest BCUT2D eigenvalue weighted by Crippen LogP contribution is 2.28. The van der Waals surface area contributed by atoms with Crippen LogP contribution >= 0.6 is 11.8 Å². The molecule has 23 heavy (non-hydrogen) atoms. The summed E-state index contributed by atoms with van der Waals surface area (Å²) in [5, 5.41) is 5.59. The molecule has 1 aliphatic heterocycles. The van der Waals surface area contributed by atoms with Crippen LogP contribution in [-0.2, 0) is 4.79 Å². The molecule has 1 atom stereocenters. The molecule has 1 saturated heterocycles. The van der Waals surface area contributed by atoms with Gasteiger partial charge in [0.15, 0.2) is 6.61 Å². The van der Waals surface area contributed by atoms with Crippen molar-refractivity contribution in [1.82, 2.24) is 5.32 Å². The number of halogens is 4. The number of amides is 1. The first kappa shape index (κ1) is 17.9. The van der Waals surface area contributed by atoms with E-state index in [1.807, 2.05) is 0 Å². The smallest absolute Gasteiger partial charge is 0.422 e. The Hall–Kier alpha value is -1.48. The fourth-order valence-corrected chi connectivity index (χ4v) is 3.01. The zero-order chi connectivity index (χ0) is 16.9. The van der Waals surface area contributed by atoms with Crippen LogP contribution in [-0.4, -0.2) is 42.8 Å². The highest BCUT2D eigenvalue weighted by molar-refractivity contribution is 7.99. The molecule has 0 aromatic heterocycles. The Morgan fingerprint density at radius 3 is 2.87 bits per heavy atom. The molecule has 0 radical (unpaired) electrons. The fourth-order valence-electron chi connectivity index (χ4n) is 2.06. The summed E-state index contributed by atoms with van der Waals surface area (Å²) < 4.78 is 54.6. The van der Waals surface area contributed by atoms with Crippen molar-refractivity contribution in [2.75, 3.05) is 30.0 Å². The minimum Gasteiger partial charge on any atom is -0.482 e. The van der Waals surface area contributed by atoms with Crippen molar-refractivity contribution in [3.05, 3.63) is 24.0 Å². The van der Waals surface area contributed by atoms with E-state index in [2.05, 4.69) is 15.4 Å². The lowest BCUT2D eigenvalue weighted by molar-refractivity contribution is -0.153. The molecule has 2 rings (SSSR count). The first-order valence-corrected chi connectivity index (χ1v) is 8.09. The summed E-state index contributed by atoms with van der Waals surface area (Å²) >= 11 is 1.72. The van der Waals surface area contributed by atoms with Gasteiger partial charge in [-0.2, -0.15) is 24.9 Å². The Labute approximate surface area is 135 Å². The van der Waals surface area contributed by atoms with E-state index in [4.69, 9.17) is 0 Å². The van der Waals surface area contributed by atoms with Crippen LogP contribution in [0.15, 0.2) is 18.2 Å². The molecule has 128 valence electrons. The standard InChI is InChI=1S/C14H16F4N2O2S/c15-9-1-2-12(22-8-14(16,17)18)11(5-9)20-13(21)6-10-7-23-4-3-19-10/h1-2,5,10,19H,3-4,6-8H2,(H,20,21). The highest BCUT2D eigenvalue weighted by atomic mass is 32.2. The second-order valence-corrected chi connectivity index (χ2v) is 6.17. The van der Waals surface area contributed by atoms with Crippen LogP contribution in [0.3, 0.4) is 0 Å². The molecule has 0 spiro atoms.